The summed E-state index contributed by atoms with van der Waals surface area (Å²) in [6, 6.07) is 5.63. The molecule has 0 aromatic heterocycles. The number of esters is 1. The number of rotatable bonds is 12. The van der Waals surface area contributed by atoms with Crippen LogP contribution in [0.2, 0.25) is 0 Å². The van der Waals surface area contributed by atoms with Crippen LogP contribution in [0.3, 0.4) is 0 Å². The molecule has 9 heteroatoms. The standard InChI is InChI=1S/C23H36N2O6S/c1-22(2,3)14-31-21(29)17(11-12-18(26)27)25-20(28)19(24)23(4,5)32-13-15-7-9-16(30-6)10-8-15/h7-10,17,19H,11-14,24H2,1-6H3,(H,25,28)(H,26,27). The first-order valence-corrected chi connectivity index (χ1v) is 11.4. The molecule has 0 saturated carbocycles. The van der Waals surface area contributed by atoms with Crippen molar-refractivity contribution in [3.63, 3.8) is 0 Å². The number of aliphatic carboxylic acids is 1. The van der Waals surface area contributed by atoms with E-state index in [1.54, 1.807) is 7.11 Å². The Labute approximate surface area is 194 Å². The molecule has 8 nitrogen and oxygen atoms in total. The van der Waals surface area contributed by atoms with Crippen LogP contribution >= 0.6 is 11.8 Å². The number of carboxylic acid groups (broad SMARTS) is 1. The summed E-state index contributed by atoms with van der Waals surface area (Å²) in [5.74, 6) is -0.855. The maximum absolute atomic E-state index is 12.8. The molecule has 0 aliphatic heterocycles. The molecule has 4 N–H and O–H groups in total. The number of nitrogens with one attached hydrogen (secondary N) is 1. The highest BCUT2D eigenvalue weighted by molar-refractivity contribution is 7.99. The summed E-state index contributed by atoms with van der Waals surface area (Å²) in [5.41, 5.74) is 7.03. The van der Waals surface area contributed by atoms with Crippen molar-refractivity contribution in [3.8, 4) is 5.75 Å². The van der Waals surface area contributed by atoms with Gasteiger partial charge in [-0.25, -0.2) is 4.79 Å². The van der Waals surface area contributed by atoms with E-state index in [4.69, 9.17) is 20.3 Å². The molecule has 0 fully saturated rings. The Kier molecular flexibility index (Phi) is 10.5. The fourth-order valence-electron chi connectivity index (χ4n) is 2.56. The fourth-order valence-corrected chi connectivity index (χ4v) is 3.58. The van der Waals surface area contributed by atoms with Gasteiger partial charge in [-0.2, -0.15) is 0 Å². The Morgan fingerprint density at radius 2 is 1.72 bits per heavy atom. The van der Waals surface area contributed by atoms with Gasteiger partial charge in [0.2, 0.25) is 5.91 Å². The number of benzene rings is 1. The van der Waals surface area contributed by atoms with Crippen LogP contribution in [0.1, 0.15) is 53.0 Å². The molecule has 2 atom stereocenters. The van der Waals surface area contributed by atoms with Crippen LogP contribution in [-0.2, 0) is 24.9 Å². The zero-order valence-corrected chi connectivity index (χ0v) is 20.6. The summed E-state index contributed by atoms with van der Waals surface area (Å²) in [5, 5.41) is 11.6. The third-order valence-electron chi connectivity index (χ3n) is 4.70. The molecular weight excluding hydrogens is 432 g/mol. The second-order valence-electron chi connectivity index (χ2n) is 9.38. The van der Waals surface area contributed by atoms with Crippen molar-refractivity contribution < 1.29 is 29.0 Å². The van der Waals surface area contributed by atoms with Crippen LogP contribution in [0.15, 0.2) is 24.3 Å². The first-order valence-electron chi connectivity index (χ1n) is 10.5. The SMILES string of the molecule is COc1ccc(CSC(C)(C)C(N)C(=O)NC(CCC(=O)O)C(=O)OCC(C)(C)C)cc1. The summed E-state index contributed by atoms with van der Waals surface area (Å²) in [7, 11) is 1.60. The molecule has 1 aromatic rings. The smallest absolute Gasteiger partial charge is 0.328 e. The molecular formula is C23H36N2O6S. The van der Waals surface area contributed by atoms with E-state index < -0.39 is 34.7 Å². The molecule has 32 heavy (non-hydrogen) atoms. The molecule has 1 aromatic carbocycles. The topological polar surface area (TPSA) is 128 Å². The van der Waals surface area contributed by atoms with Crippen molar-refractivity contribution in [2.75, 3.05) is 13.7 Å². The maximum atomic E-state index is 12.8. The molecule has 1 rings (SSSR count). The number of hydrogen-bond acceptors (Lipinski definition) is 7. The average Bonchev–Trinajstić information content (AvgIpc) is 2.72. The van der Waals surface area contributed by atoms with Crippen LogP contribution in [0, 0.1) is 5.41 Å². The van der Waals surface area contributed by atoms with E-state index in [0.29, 0.717) is 5.75 Å². The summed E-state index contributed by atoms with van der Waals surface area (Å²) in [6.45, 7) is 9.59. The highest BCUT2D eigenvalue weighted by Crippen LogP contribution is 2.31. The van der Waals surface area contributed by atoms with Crippen molar-refractivity contribution in [3.05, 3.63) is 29.8 Å². The number of thioether (sulfide) groups is 1. The van der Waals surface area contributed by atoms with Crippen molar-refractivity contribution in [2.45, 2.75) is 70.0 Å². The van der Waals surface area contributed by atoms with Crippen LogP contribution in [-0.4, -0.2) is 53.5 Å². The molecule has 1 amide bonds. The van der Waals surface area contributed by atoms with Crippen LogP contribution in [0.4, 0.5) is 0 Å². The van der Waals surface area contributed by atoms with Gasteiger partial charge in [-0.05, 0) is 43.4 Å². The minimum Gasteiger partial charge on any atom is -0.497 e. The molecule has 0 saturated heterocycles. The minimum absolute atomic E-state index is 0.0732. The Morgan fingerprint density at radius 3 is 2.22 bits per heavy atom. The Hall–Kier alpha value is -2.26. The fraction of sp³-hybridized carbons (Fsp3) is 0.609. The molecule has 0 radical (unpaired) electrons. The lowest BCUT2D eigenvalue weighted by Gasteiger charge is -2.31. The first kappa shape index (κ1) is 27.8. The Balaban J connectivity index is 2.77. The predicted molar refractivity (Wildman–Crippen MR) is 126 cm³/mol. The van der Waals surface area contributed by atoms with Gasteiger partial charge in [-0.3, -0.25) is 9.59 Å². The number of ether oxygens (including phenoxy) is 2. The van der Waals surface area contributed by atoms with Crippen LogP contribution in [0.25, 0.3) is 0 Å². The lowest BCUT2D eigenvalue weighted by Crippen LogP contribution is -2.56. The maximum Gasteiger partial charge on any atom is 0.328 e. The van der Waals surface area contributed by atoms with Gasteiger partial charge in [-0.15, -0.1) is 11.8 Å². The highest BCUT2D eigenvalue weighted by atomic mass is 32.2. The predicted octanol–water partition coefficient (Wildman–Crippen LogP) is 2.97. The minimum atomic E-state index is -1.07. The summed E-state index contributed by atoms with van der Waals surface area (Å²) in [6.07, 6.45) is -0.351. The van der Waals surface area contributed by atoms with Crippen molar-refractivity contribution in [1.82, 2.24) is 5.32 Å². The van der Waals surface area contributed by atoms with Gasteiger partial charge in [0.1, 0.15) is 11.8 Å². The Morgan fingerprint density at radius 1 is 1.12 bits per heavy atom. The molecule has 0 heterocycles. The molecule has 0 aliphatic rings. The quantitative estimate of drug-likeness (QED) is 0.400. The Bertz CT molecular complexity index is 774. The summed E-state index contributed by atoms with van der Waals surface area (Å²) < 4.78 is 9.80. The van der Waals surface area contributed by atoms with Crippen LogP contribution in [0.5, 0.6) is 5.75 Å². The molecule has 2 unspecified atom stereocenters. The lowest BCUT2D eigenvalue weighted by atomic mass is 9.98. The second kappa shape index (κ2) is 12.1. The van der Waals surface area contributed by atoms with E-state index in [1.165, 1.54) is 11.8 Å². The van der Waals surface area contributed by atoms with Gasteiger partial charge in [0, 0.05) is 16.9 Å². The number of hydrogen-bond donors (Lipinski definition) is 3. The van der Waals surface area contributed by atoms with Crippen molar-refractivity contribution >= 4 is 29.6 Å². The zero-order chi connectivity index (χ0) is 24.5. The van der Waals surface area contributed by atoms with Gasteiger partial charge in [0.25, 0.3) is 0 Å². The third kappa shape index (κ3) is 9.91. The number of carboxylic acids is 1. The van der Waals surface area contributed by atoms with Crippen LogP contribution < -0.4 is 15.8 Å². The number of amides is 1. The van der Waals surface area contributed by atoms with Gasteiger partial charge < -0.3 is 25.6 Å². The van der Waals surface area contributed by atoms with Crippen molar-refractivity contribution in [1.29, 1.82) is 0 Å². The number of methoxy groups -OCH3 is 1. The van der Waals surface area contributed by atoms with Gasteiger partial charge in [0.15, 0.2) is 0 Å². The normalized spacial score (nSPS) is 13.7. The molecule has 0 bridgehead atoms. The largest absolute Gasteiger partial charge is 0.497 e. The van der Waals surface area contributed by atoms with E-state index in [1.807, 2.05) is 58.9 Å². The average molecular weight is 469 g/mol. The lowest BCUT2D eigenvalue weighted by molar-refractivity contribution is -0.151. The van der Waals surface area contributed by atoms with Gasteiger partial charge >= 0.3 is 11.9 Å². The van der Waals surface area contributed by atoms with Crippen molar-refractivity contribution in [2.24, 2.45) is 11.1 Å². The summed E-state index contributed by atoms with van der Waals surface area (Å²) in [4.78, 5) is 36.3. The van der Waals surface area contributed by atoms with Gasteiger partial charge in [0.05, 0.1) is 19.8 Å². The van der Waals surface area contributed by atoms with E-state index >= 15 is 0 Å². The molecule has 180 valence electrons. The first-order chi connectivity index (χ1) is 14.7. The van der Waals surface area contributed by atoms with Gasteiger partial charge in [-0.1, -0.05) is 32.9 Å². The number of carbonyl (C=O) groups is 3. The molecule has 0 aliphatic carbocycles. The highest BCUT2D eigenvalue weighted by Gasteiger charge is 2.35. The van der Waals surface area contributed by atoms with E-state index in [2.05, 4.69) is 5.32 Å². The second-order valence-corrected chi connectivity index (χ2v) is 11.0. The zero-order valence-electron chi connectivity index (χ0n) is 19.8. The monoisotopic (exact) mass is 468 g/mol. The number of nitrogens with two attached hydrogens (primary N) is 1. The summed E-state index contributed by atoms with van der Waals surface area (Å²) >= 11 is 1.51. The number of carbonyl (C=O) groups excluding carboxylic acids is 2. The van der Waals surface area contributed by atoms with E-state index in [9.17, 15) is 14.4 Å². The van der Waals surface area contributed by atoms with E-state index in [-0.39, 0.29) is 24.9 Å². The molecule has 0 spiro atoms. The van der Waals surface area contributed by atoms with E-state index in [0.717, 1.165) is 11.3 Å². The third-order valence-corrected chi connectivity index (χ3v) is 6.17.